The Kier molecular flexibility index (Phi) is 5.44. The molecule has 0 N–H and O–H groups in total. The van der Waals surface area contributed by atoms with Crippen molar-refractivity contribution in [1.29, 1.82) is 0 Å². The fourth-order valence-corrected chi connectivity index (χ4v) is 2.89. The normalized spacial score (nSPS) is 11.6. The summed E-state index contributed by atoms with van der Waals surface area (Å²) in [5, 5.41) is 0. The Bertz CT molecular complexity index is 129. The molecule has 0 rings (SSSR count). The molecule has 0 saturated heterocycles. The van der Waals surface area contributed by atoms with Crippen LogP contribution in [0.2, 0.25) is 17.3 Å². The van der Waals surface area contributed by atoms with Gasteiger partial charge in [-0.25, -0.2) is 0 Å². The van der Waals surface area contributed by atoms with E-state index in [0.29, 0.717) is 10.5 Å². The molecule has 0 bridgehead atoms. The molecule has 0 amide bonds. The Hall–Kier alpha value is 0.503. The van der Waals surface area contributed by atoms with Gasteiger partial charge >= 0.3 is 76.7 Å². The monoisotopic (exact) mass is 238 g/mol. The molecule has 0 unspecified atom stereocenters. The van der Waals surface area contributed by atoms with E-state index in [1.807, 2.05) is 0 Å². The summed E-state index contributed by atoms with van der Waals surface area (Å²) in [6, 6.07) is 0. The number of hydrogen-bond acceptors (Lipinski definition) is 1. The number of halogens is 1. The molecule has 0 aromatic heterocycles. The van der Waals surface area contributed by atoms with Crippen LogP contribution in [0.15, 0.2) is 0 Å². The molecule has 0 atom stereocenters. The molecule has 0 aromatic carbocycles. The van der Waals surface area contributed by atoms with Gasteiger partial charge in [-0.15, -0.1) is 0 Å². The number of alkyl halides is 1. The van der Waals surface area contributed by atoms with Gasteiger partial charge in [-0.1, -0.05) is 0 Å². The van der Waals surface area contributed by atoms with Crippen LogP contribution < -0.4 is 0 Å². The topological polar surface area (TPSA) is 17.1 Å². The molecule has 0 aliphatic carbocycles. The van der Waals surface area contributed by atoms with E-state index in [0.717, 1.165) is 19.3 Å². The van der Waals surface area contributed by atoms with Gasteiger partial charge in [0.2, 0.25) is 0 Å². The molecular weight excluding hydrogens is 220 g/mol. The Balaban J connectivity index is 3.54. The van der Waals surface area contributed by atoms with Crippen molar-refractivity contribution in [2.24, 2.45) is 0 Å². The van der Waals surface area contributed by atoms with Gasteiger partial charge in [0.05, 0.1) is 0 Å². The Morgan fingerprint density at radius 1 is 1.27 bits per heavy atom. The van der Waals surface area contributed by atoms with Crippen LogP contribution in [0.3, 0.4) is 0 Å². The minimum absolute atomic E-state index is 0.523. The van der Waals surface area contributed by atoms with Gasteiger partial charge < -0.3 is 0 Å². The molecular formula is C8H17ClGeO. The third-order valence-corrected chi connectivity index (χ3v) is 5.93. The van der Waals surface area contributed by atoms with Crippen LogP contribution in [-0.4, -0.2) is 23.8 Å². The molecule has 0 spiro atoms. The molecule has 1 nitrogen and oxygen atoms in total. The standard InChI is InChI=1S/C8H17ClGeO/c1-10(2,3)8(11)6-4-5-7-9/h4-7H2,1-3H3. The third kappa shape index (κ3) is 5.74. The molecule has 0 aliphatic rings. The molecule has 66 valence electrons. The predicted molar refractivity (Wildman–Crippen MR) is 52.9 cm³/mol. The summed E-state index contributed by atoms with van der Waals surface area (Å²) >= 11 is 3.55. The van der Waals surface area contributed by atoms with Crippen LogP contribution in [0.5, 0.6) is 0 Å². The quantitative estimate of drug-likeness (QED) is 0.408. The van der Waals surface area contributed by atoms with E-state index in [-0.39, 0.29) is 0 Å². The van der Waals surface area contributed by atoms with Gasteiger partial charge in [0.15, 0.2) is 0 Å². The Labute approximate surface area is 76.9 Å². The third-order valence-electron chi connectivity index (χ3n) is 1.62. The summed E-state index contributed by atoms with van der Waals surface area (Å²) in [4.78, 5) is 11.4. The fraction of sp³-hybridized carbons (Fsp3) is 0.875. The molecule has 0 radical (unpaired) electrons. The molecule has 0 heterocycles. The summed E-state index contributed by atoms with van der Waals surface area (Å²) in [5.74, 6) is 7.11. The summed E-state index contributed by atoms with van der Waals surface area (Å²) in [7, 11) is 0. The summed E-state index contributed by atoms with van der Waals surface area (Å²) in [5.41, 5.74) is 0. The van der Waals surface area contributed by atoms with E-state index < -0.39 is 13.3 Å². The van der Waals surface area contributed by atoms with Gasteiger partial charge in [-0.3, -0.25) is 0 Å². The number of unbranched alkanes of at least 4 members (excludes halogenated alkanes) is 1. The van der Waals surface area contributed by atoms with Gasteiger partial charge in [0.1, 0.15) is 0 Å². The molecule has 0 saturated carbocycles. The molecule has 11 heavy (non-hydrogen) atoms. The first-order valence-electron chi connectivity index (χ1n) is 4.07. The van der Waals surface area contributed by atoms with E-state index in [4.69, 9.17) is 11.6 Å². The van der Waals surface area contributed by atoms with Crippen molar-refractivity contribution in [2.75, 3.05) is 5.88 Å². The molecule has 0 aromatic rings. The van der Waals surface area contributed by atoms with Crippen LogP contribution in [-0.2, 0) is 4.79 Å². The first-order valence-corrected chi connectivity index (χ1v) is 12.0. The molecule has 0 fully saturated rings. The second-order valence-electron chi connectivity index (χ2n) is 3.82. The van der Waals surface area contributed by atoms with Gasteiger partial charge in [0, 0.05) is 0 Å². The fourth-order valence-electron chi connectivity index (χ4n) is 0.755. The summed E-state index contributed by atoms with van der Waals surface area (Å²) < 4.78 is 0.523. The van der Waals surface area contributed by atoms with E-state index in [9.17, 15) is 4.79 Å². The maximum atomic E-state index is 11.4. The maximum absolute atomic E-state index is 11.4. The molecule has 3 heteroatoms. The van der Waals surface area contributed by atoms with Gasteiger partial charge in [-0.2, -0.15) is 0 Å². The second-order valence-corrected chi connectivity index (χ2v) is 14.8. The first-order chi connectivity index (χ1) is 4.98. The van der Waals surface area contributed by atoms with Crippen molar-refractivity contribution >= 4 is 29.5 Å². The average Bonchev–Trinajstić information content (AvgIpc) is 1.86. The van der Waals surface area contributed by atoms with Crippen molar-refractivity contribution in [3.8, 4) is 0 Å². The van der Waals surface area contributed by atoms with Gasteiger partial charge in [0.25, 0.3) is 0 Å². The van der Waals surface area contributed by atoms with Crippen LogP contribution in [0, 0.1) is 0 Å². The van der Waals surface area contributed by atoms with Crippen molar-refractivity contribution in [1.82, 2.24) is 0 Å². The second kappa shape index (κ2) is 5.20. The first kappa shape index (κ1) is 11.5. The van der Waals surface area contributed by atoms with Crippen molar-refractivity contribution < 1.29 is 4.79 Å². The minimum atomic E-state index is -1.95. The van der Waals surface area contributed by atoms with E-state index in [1.165, 1.54) is 0 Å². The molecule has 0 aliphatic heterocycles. The zero-order valence-corrected chi connectivity index (χ0v) is 10.5. The van der Waals surface area contributed by atoms with E-state index in [2.05, 4.69) is 17.3 Å². The van der Waals surface area contributed by atoms with Crippen molar-refractivity contribution in [2.45, 2.75) is 36.5 Å². The number of rotatable bonds is 5. The Morgan fingerprint density at radius 3 is 2.18 bits per heavy atom. The Morgan fingerprint density at radius 2 is 1.82 bits per heavy atom. The average molecular weight is 237 g/mol. The van der Waals surface area contributed by atoms with Crippen molar-refractivity contribution in [3.05, 3.63) is 0 Å². The van der Waals surface area contributed by atoms with Crippen LogP contribution in [0.1, 0.15) is 19.3 Å². The van der Waals surface area contributed by atoms with E-state index >= 15 is 0 Å². The van der Waals surface area contributed by atoms with Crippen LogP contribution >= 0.6 is 11.6 Å². The van der Waals surface area contributed by atoms with E-state index in [1.54, 1.807) is 0 Å². The summed E-state index contributed by atoms with van der Waals surface area (Å²) in [6.45, 7) is 0. The zero-order chi connectivity index (χ0) is 8.91. The summed E-state index contributed by atoms with van der Waals surface area (Å²) in [6.07, 6.45) is 2.71. The SMILES string of the molecule is [CH3][Ge]([CH3])([CH3])[C](=O)CCCCCl. The van der Waals surface area contributed by atoms with Crippen molar-refractivity contribution in [3.63, 3.8) is 0 Å². The van der Waals surface area contributed by atoms with Crippen LogP contribution in [0.4, 0.5) is 0 Å². The van der Waals surface area contributed by atoms with Gasteiger partial charge in [-0.05, 0) is 0 Å². The number of hydrogen-bond donors (Lipinski definition) is 0. The zero-order valence-electron chi connectivity index (χ0n) is 7.61. The number of carbonyl (C=O) groups is 1. The van der Waals surface area contributed by atoms with Crippen LogP contribution in [0.25, 0.3) is 0 Å². The number of carbonyl (C=O) groups excluding carboxylic acids is 1. The predicted octanol–water partition coefficient (Wildman–Crippen LogP) is 2.84.